The molecular formula is C12H21N3O3. The van der Waals surface area contributed by atoms with Crippen LogP contribution in [0.25, 0.3) is 0 Å². The SMILES string of the molecule is NC(=O)C1NCC2CCC1(OC1CCCCO1)N2. The van der Waals surface area contributed by atoms with Crippen molar-refractivity contribution >= 4 is 5.91 Å². The monoisotopic (exact) mass is 255 g/mol. The van der Waals surface area contributed by atoms with Gasteiger partial charge in [-0.3, -0.25) is 10.1 Å². The number of hydrogen-bond donors (Lipinski definition) is 3. The summed E-state index contributed by atoms with van der Waals surface area (Å²) in [5.41, 5.74) is 4.81. The molecule has 3 aliphatic heterocycles. The molecular weight excluding hydrogens is 234 g/mol. The van der Waals surface area contributed by atoms with E-state index < -0.39 is 11.8 Å². The maximum absolute atomic E-state index is 11.6. The fourth-order valence-corrected chi connectivity index (χ4v) is 3.21. The molecule has 3 saturated heterocycles. The van der Waals surface area contributed by atoms with Gasteiger partial charge in [-0.2, -0.15) is 0 Å². The third-order valence-corrected chi connectivity index (χ3v) is 4.11. The fraction of sp³-hybridized carbons (Fsp3) is 0.917. The van der Waals surface area contributed by atoms with Crippen LogP contribution in [0.4, 0.5) is 0 Å². The van der Waals surface area contributed by atoms with Gasteiger partial charge in [-0.1, -0.05) is 0 Å². The summed E-state index contributed by atoms with van der Waals surface area (Å²) in [6, 6.07) is -0.106. The highest BCUT2D eigenvalue weighted by atomic mass is 16.7. The van der Waals surface area contributed by atoms with Gasteiger partial charge in [0.2, 0.25) is 5.91 Å². The molecule has 0 radical (unpaired) electrons. The van der Waals surface area contributed by atoms with E-state index in [4.69, 9.17) is 15.2 Å². The summed E-state index contributed by atoms with van der Waals surface area (Å²) in [4.78, 5) is 11.6. The standard InChI is InChI=1S/C12H21N3O3/c13-11(16)10-12(5-4-8(15-12)7-14-10)18-9-3-1-2-6-17-9/h8-10,14-15H,1-7H2,(H2,13,16). The second-order valence-corrected chi connectivity index (χ2v) is 5.43. The molecule has 6 nitrogen and oxygen atoms in total. The van der Waals surface area contributed by atoms with Crippen molar-refractivity contribution in [1.29, 1.82) is 0 Å². The lowest BCUT2D eigenvalue weighted by molar-refractivity contribution is -0.241. The van der Waals surface area contributed by atoms with Crippen LogP contribution in [0.2, 0.25) is 0 Å². The van der Waals surface area contributed by atoms with Gasteiger partial charge in [-0.15, -0.1) is 0 Å². The zero-order valence-electron chi connectivity index (χ0n) is 10.5. The number of fused-ring (bicyclic) bond motifs is 2. The van der Waals surface area contributed by atoms with E-state index in [1.54, 1.807) is 0 Å². The molecule has 102 valence electrons. The van der Waals surface area contributed by atoms with Crippen LogP contribution in [0.1, 0.15) is 32.1 Å². The van der Waals surface area contributed by atoms with Crippen molar-refractivity contribution in [3.05, 3.63) is 0 Å². The van der Waals surface area contributed by atoms with Gasteiger partial charge in [0.1, 0.15) is 11.8 Å². The number of amides is 1. The van der Waals surface area contributed by atoms with E-state index in [9.17, 15) is 4.79 Å². The maximum Gasteiger partial charge on any atom is 0.239 e. The molecule has 3 heterocycles. The van der Waals surface area contributed by atoms with Crippen LogP contribution in [0.3, 0.4) is 0 Å². The lowest BCUT2D eigenvalue weighted by Gasteiger charge is -2.43. The first kappa shape index (κ1) is 12.3. The molecule has 1 amide bonds. The van der Waals surface area contributed by atoms with E-state index in [0.29, 0.717) is 6.04 Å². The molecule has 4 atom stereocenters. The molecule has 0 aromatic carbocycles. The average molecular weight is 255 g/mol. The second kappa shape index (κ2) is 4.77. The van der Waals surface area contributed by atoms with Crippen LogP contribution in [0.5, 0.6) is 0 Å². The van der Waals surface area contributed by atoms with Crippen molar-refractivity contribution < 1.29 is 14.3 Å². The van der Waals surface area contributed by atoms with Crippen molar-refractivity contribution in [1.82, 2.24) is 10.6 Å². The van der Waals surface area contributed by atoms with Gasteiger partial charge < -0.3 is 20.5 Å². The Morgan fingerprint density at radius 2 is 2.28 bits per heavy atom. The summed E-state index contributed by atoms with van der Waals surface area (Å²) in [5, 5.41) is 6.61. The number of piperazine rings is 1. The number of hydrogen-bond acceptors (Lipinski definition) is 5. The average Bonchev–Trinajstić information content (AvgIpc) is 2.67. The molecule has 6 heteroatoms. The molecule has 0 spiro atoms. The third-order valence-electron chi connectivity index (χ3n) is 4.11. The van der Waals surface area contributed by atoms with Gasteiger partial charge in [0, 0.05) is 19.2 Å². The summed E-state index contributed by atoms with van der Waals surface area (Å²) in [5.74, 6) is -0.362. The van der Waals surface area contributed by atoms with E-state index >= 15 is 0 Å². The Morgan fingerprint density at radius 3 is 3.00 bits per heavy atom. The van der Waals surface area contributed by atoms with Crippen molar-refractivity contribution in [2.75, 3.05) is 13.2 Å². The molecule has 3 aliphatic rings. The molecule has 4 unspecified atom stereocenters. The number of ether oxygens (including phenoxy) is 2. The van der Waals surface area contributed by atoms with Crippen LogP contribution < -0.4 is 16.4 Å². The summed E-state index contributed by atoms with van der Waals surface area (Å²) >= 11 is 0. The van der Waals surface area contributed by atoms with Gasteiger partial charge in [0.15, 0.2) is 6.29 Å². The Kier molecular flexibility index (Phi) is 3.27. The van der Waals surface area contributed by atoms with Crippen molar-refractivity contribution in [3.8, 4) is 0 Å². The van der Waals surface area contributed by atoms with E-state index in [2.05, 4.69) is 10.6 Å². The Balaban J connectivity index is 1.74. The normalized spacial score (nSPS) is 43.9. The minimum atomic E-state index is -0.670. The van der Waals surface area contributed by atoms with E-state index in [1.807, 2.05) is 0 Å². The van der Waals surface area contributed by atoms with Crippen LogP contribution in [-0.2, 0) is 14.3 Å². The number of primary amides is 1. The van der Waals surface area contributed by atoms with E-state index in [0.717, 1.165) is 45.3 Å². The highest BCUT2D eigenvalue weighted by Gasteiger charge is 2.53. The quantitative estimate of drug-likeness (QED) is 0.629. The molecule has 4 N–H and O–H groups in total. The highest BCUT2D eigenvalue weighted by molar-refractivity contribution is 5.81. The van der Waals surface area contributed by atoms with E-state index in [1.165, 1.54) is 0 Å². The first-order valence-corrected chi connectivity index (χ1v) is 6.79. The summed E-state index contributed by atoms with van der Waals surface area (Å²) in [6.45, 7) is 1.50. The lowest BCUT2D eigenvalue weighted by Crippen LogP contribution is -2.70. The maximum atomic E-state index is 11.6. The molecule has 0 saturated carbocycles. The zero-order valence-corrected chi connectivity index (χ0v) is 10.5. The number of carbonyl (C=O) groups is 1. The number of rotatable bonds is 3. The Morgan fingerprint density at radius 1 is 1.39 bits per heavy atom. The molecule has 0 aromatic rings. The van der Waals surface area contributed by atoms with Crippen LogP contribution in [0.15, 0.2) is 0 Å². The minimum Gasteiger partial charge on any atom is -0.368 e. The van der Waals surface area contributed by atoms with E-state index in [-0.39, 0.29) is 12.2 Å². The number of nitrogens with two attached hydrogens (primary N) is 1. The Hall–Kier alpha value is -0.690. The summed E-state index contributed by atoms with van der Waals surface area (Å²) in [6.07, 6.45) is 4.67. The largest absolute Gasteiger partial charge is 0.368 e. The summed E-state index contributed by atoms with van der Waals surface area (Å²) in [7, 11) is 0. The molecule has 0 aromatic heterocycles. The first-order valence-electron chi connectivity index (χ1n) is 6.79. The highest BCUT2D eigenvalue weighted by Crippen LogP contribution is 2.34. The number of nitrogens with one attached hydrogen (secondary N) is 2. The van der Waals surface area contributed by atoms with Gasteiger partial charge in [-0.05, 0) is 32.1 Å². The topological polar surface area (TPSA) is 85.6 Å². The Bertz CT molecular complexity index is 333. The molecule has 0 aliphatic carbocycles. The predicted molar refractivity (Wildman–Crippen MR) is 64.5 cm³/mol. The van der Waals surface area contributed by atoms with Crippen LogP contribution in [0, 0.1) is 0 Å². The minimum absolute atomic E-state index is 0.216. The molecule has 2 bridgehead atoms. The Labute approximate surface area is 107 Å². The lowest BCUT2D eigenvalue weighted by atomic mass is 10.0. The van der Waals surface area contributed by atoms with Crippen molar-refractivity contribution in [2.45, 2.75) is 56.2 Å². The van der Waals surface area contributed by atoms with Crippen LogP contribution >= 0.6 is 0 Å². The van der Waals surface area contributed by atoms with Crippen LogP contribution in [-0.4, -0.2) is 43.2 Å². The molecule has 18 heavy (non-hydrogen) atoms. The van der Waals surface area contributed by atoms with Crippen molar-refractivity contribution in [2.24, 2.45) is 5.73 Å². The fourth-order valence-electron chi connectivity index (χ4n) is 3.21. The predicted octanol–water partition coefficient (Wildman–Crippen LogP) is -0.565. The number of carbonyl (C=O) groups excluding carboxylic acids is 1. The van der Waals surface area contributed by atoms with Gasteiger partial charge in [-0.25, -0.2) is 0 Å². The van der Waals surface area contributed by atoms with Gasteiger partial charge >= 0.3 is 0 Å². The smallest absolute Gasteiger partial charge is 0.239 e. The second-order valence-electron chi connectivity index (χ2n) is 5.43. The van der Waals surface area contributed by atoms with Crippen molar-refractivity contribution in [3.63, 3.8) is 0 Å². The zero-order chi connectivity index (χ0) is 12.6. The third kappa shape index (κ3) is 2.14. The summed E-state index contributed by atoms with van der Waals surface area (Å²) < 4.78 is 11.7. The molecule has 3 rings (SSSR count). The van der Waals surface area contributed by atoms with Gasteiger partial charge in [0.05, 0.1) is 0 Å². The first-order chi connectivity index (χ1) is 8.70. The molecule has 3 fully saturated rings. The van der Waals surface area contributed by atoms with Gasteiger partial charge in [0.25, 0.3) is 0 Å².